The van der Waals surface area contributed by atoms with Crippen LogP contribution in [0.25, 0.3) is 0 Å². The first-order valence-electron chi connectivity index (χ1n) is 7.72. The zero-order valence-electron chi connectivity index (χ0n) is 12.9. The molecule has 0 spiro atoms. The molecule has 130 valence electrons. The summed E-state index contributed by atoms with van der Waals surface area (Å²) in [6.45, 7) is 1.18. The van der Waals surface area contributed by atoms with Gasteiger partial charge in [0.05, 0.1) is 4.90 Å². The van der Waals surface area contributed by atoms with Crippen LogP contribution in [-0.2, 0) is 19.6 Å². The number of carbonyl (C=O) groups excluding carboxylic acids is 2. The summed E-state index contributed by atoms with van der Waals surface area (Å²) in [5.41, 5.74) is 0. The molecular formula is C15H18BrN3O4S. The van der Waals surface area contributed by atoms with Gasteiger partial charge in [0.2, 0.25) is 21.8 Å². The molecule has 2 fully saturated rings. The minimum atomic E-state index is -3.55. The summed E-state index contributed by atoms with van der Waals surface area (Å²) >= 11 is 3.29. The average Bonchev–Trinajstić information content (AvgIpc) is 3.01. The van der Waals surface area contributed by atoms with Crippen molar-refractivity contribution in [3.05, 3.63) is 28.7 Å². The van der Waals surface area contributed by atoms with Crippen LogP contribution < -0.4 is 5.32 Å². The Labute approximate surface area is 149 Å². The van der Waals surface area contributed by atoms with Gasteiger partial charge in [0, 0.05) is 37.1 Å². The maximum atomic E-state index is 12.6. The molecule has 0 aromatic heterocycles. The lowest BCUT2D eigenvalue weighted by Crippen LogP contribution is -2.54. The molecule has 2 aliphatic rings. The molecule has 1 N–H and O–H groups in total. The second-order valence-corrected chi connectivity index (χ2v) is 8.70. The van der Waals surface area contributed by atoms with Crippen molar-refractivity contribution >= 4 is 37.8 Å². The van der Waals surface area contributed by atoms with Gasteiger partial charge in [0.25, 0.3) is 0 Å². The topological polar surface area (TPSA) is 86.8 Å². The highest BCUT2D eigenvalue weighted by Crippen LogP contribution is 2.20. The first-order valence-corrected chi connectivity index (χ1v) is 9.95. The van der Waals surface area contributed by atoms with Crippen LogP contribution in [0.2, 0.25) is 0 Å². The summed E-state index contributed by atoms with van der Waals surface area (Å²) in [4.78, 5) is 25.5. The van der Waals surface area contributed by atoms with Crippen molar-refractivity contribution < 1.29 is 18.0 Å². The van der Waals surface area contributed by atoms with Crippen molar-refractivity contribution in [3.8, 4) is 0 Å². The maximum Gasteiger partial charge on any atom is 0.245 e. The summed E-state index contributed by atoms with van der Waals surface area (Å²) in [5.74, 6) is -0.230. The zero-order chi connectivity index (χ0) is 17.3. The van der Waals surface area contributed by atoms with Crippen LogP contribution in [0, 0.1) is 0 Å². The minimum Gasteiger partial charge on any atom is -0.344 e. The van der Waals surface area contributed by atoms with E-state index in [-0.39, 0.29) is 29.8 Å². The van der Waals surface area contributed by atoms with Gasteiger partial charge < -0.3 is 10.2 Å². The Morgan fingerprint density at radius 2 is 1.75 bits per heavy atom. The predicted molar refractivity (Wildman–Crippen MR) is 90.6 cm³/mol. The van der Waals surface area contributed by atoms with Crippen LogP contribution in [0.4, 0.5) is 0 Å². The molecule has 2 aliphatic heterocycles. The lowest BCUT2D eigenvalue weighted by Gasteiger charge is -2.35. The lowest BCUT2D eigenvalue weighted by atomic mass is 10.2. The fourth-order valence-electron chi connectivity index (χ4n) is 2.92. The highest BCUT2D eigenvalue weighted by atomic mass is 79.9. The summed E-state index contributed by atoms with van der Waals surface area (Å²) in [6.07, 6.45) is 0.878. The van der Waals surface area contributed by atoms with E-state index >= 15 is 0 Å². The first kappa shape index (κ1) is 17.4. The van der Waals surface area contributed by atoms with Crippen molar-refractivity contribution in [2.24, 2.45) is 0 Å². The van der Waals surface area contributed by atoms with Gasteiger partial charge in [-0.2, -0.15) is 4.31 Å². The third kappa shape index (κ3) is 3.47. The van der Waals surface area contributed by atoms with E-state index in [1.807, 2.05) is 0 Å². The third-order valence-corrected chi connectivity index (χ3v) is 6.74. The van der Waals surface area contributed by atoms with Gasteiger partial charge in [0.15, 0.2) is 0 Å². The van der Waals surface area contributed by atoms with Gasteiger partial charge in [-0.05, 0) is 30.7 Å². The number of amides is 2. The molecular weight excluding hydrogens is 398 g/mol. The number of carbonyl (C=O) groups is 2. The minimum absolute atomic E-state index is 0.107. The molecule has 3 rings (SSSR count). The molecule has 2 amide bonds. The molecule has 1 aromatic carbocycles. The highest BCUT2D eigenvalue weighted by molar-refractivity contribution is 9.10. The van der Waals surface area contributed by atoms with E-state index in [2.05, 4.69) is 21.2 Å². The zero-order valence-corrected chi connectivity index (χ0v) is 15.3. The van der Waals surface area contributed by atoms with Gasteiger partial charge in [0.1, 0.15) is 6.04 Å². The van der Waals surface area contributed by atoms with Crippen LogP contribution in [0.3, 0.4) is 0 Å². The number of nitrogens with zero attached hydrogens (tertiary/aromatic N) is 2. The summed E-state index contributed by atoms with van der Waals surface area (Å²) in [7, 11) is -3.55. The molecule has 0 bridgehead atoms. The standard InChI is InChI=1S/C15H18BrN3O4S/c16-11-1-3-12(4-2-11)24(22,23)19-9-7-18(8-10-19)15(21)13-5-6-14(20)17-13/h1-4,13H,5-10H2,(H,17,20)/t13-/m0/s1. The van der Waals surface area contributed by atoms with E-state index in [0.717, 1.165) is 4.47 Å². The van der Waals surface area contributed by atoms with Crippen LogP contribution >= 0.6 is 15.9 Å². The fourth-order valence-corrected chi connectivity index (χ4v) is 4.61. The maximum absolute atomic E-state index is 12.6. The van der Waals surface area contributed by atoms with Gasteiger partial charge in [-0.3, -0.25) is 9.59 Å². The molecule has 1 aromatic rings. The molecule has 2 heterocycles. The molecule has 0 saturated carbocycles. The van der Waals surface area contributed by atoms with E-state index in [1.165, 1.54) is 4.31 Å². The van der Waals surface area contributed by atoms with Gasteiger partial charge >= 0.3 is 0 Å². The van der Waals surface area contributed by atoms with Crippen LogP contribution in [-0.4, -0.2) is 61.7 Å². The van der Waals surface area contributed by atoms with Crippen molar-refractivity contribution in [2.75, 3.05) is 26.2 Å². The summed E-state index contributed by atoms with van der Waals surface area (Å²) in [6, 6.07) is 6.04. The number of sulfonamides is 1. The number of halogens is 1. The number of rotatable bonds is 3. The number of hydrogen-bond acceptors (Lipinski definition) is 4. The van der Waals surface area contributed by atoms with Crippen molar-refractivity contribution in [1.29, 1.82) is 0 Å². The molecule has 2 saturated heterocycles. The van der Waals surface area contributed by atoms with E-state index < -0.39 is 16.1 Å². The Balaban J connectivity index is 1.63. The van der Waals surface area contributed by atoms with E-state index in [1.54, 1.807) is 29.2 Å². The molecule has 7 nitrogen and oxygen atoms in total. The Hall–Kier alpha value is -1.45. The third-order valence-electron chi connectivity index (χ3n) is 4.30. The van der Waals surface area contributed by atoms with Gasteiger partial charge in [-0.1, -0.05) is 15.9 Å². The quantitative estimate of drug-likeness (QED) is 0.781. The molecule has 0 aliphatic carbocycles. The summed E-state index contributed by atoms with van der Waals surface area (Å²) in [5, 5.41) is 2.66. The van der Waals surface area contributed by atoms with Crippen LogP contribution in [0.1, 0.15) is 12.8 Å². The Bertz CT molecular complexity index is 742. The smallest absolute Gasteiger partial charge is 0.245 e. The molecule has 24 heavy (non-hydrogen) atoms. The molecule has 0 unspecified atom stereocenters. The molecule has 1 atom stereocenters. The fraction of sp³-hybridized carbons (Fsp3) is 0.467. The predicted octanol–water partition coefficient (Wildman–Crippen LogP) is 0.561. The normalized spacial score (nSPS) is 22.5. The Kier molecular flexibility index (Phi) is 4.93. The summed E-state index contributed by atoms with van der Waals surface area (Å²) < 4.78 is 27.5. The number of nitrogens with one attached hydrogen (secondary N) is 1. The van der Waals surface area contributed by atoms with Crippen LogP contribution in [0.5, 0.6) is 0 Å². The number of hydrogen-bond donors (Lipinski definition) is 1. The monoisotopic (exact) mass is 415 g/mol. The second-order valence-electron chi connectivity index (χ2n) is 5.84. The highest BCUT2D eigenvalue weighted by Gasteiger charge is 2.34. The number of benzene rings is 1. The first-order chi connectivity index (χ1) is 11.4. The SMILES string of the molecule is O=C1CC[C@@H](C(=O)N2CCN(S(=O)(=O)c3ccc(Br)cc3)CC2)N1. The van der Waals surface area contributed by atoms with Crippen molar-refractivity contribution in [2.45, 2.75) is 23.8 Å². The van der Waals surface area contributed by atoms with Crippen molar-refractivity contribution in [1.82, 2.24) is 14.5 Å². The lowest BCUT2D eigenvalue weighted by molar-refractivity contribution is -0.135. The molecule has 9 heteroatoms. The van der Waals surface area contributed by atoms with E-state index in [4.69, 9.17) is 0 Å². The van der Waals surface area contributed by atoms with E-state index in [0.29, 0.717) is 25.9 Å². The van der Waals surface area contributed by atoms with Crippen LogP contribution in [0.15, 0.2) is 33.6 Å². The Morgan fingerprint density at radius 1 is 1.12 bits per heavy atom. The average molecular weight is 416 g/mol. The van der Waals surface area contributed by atoms with E-state index in [9.17, 15) is 18.0 Å². The molecule has 0 radical (unpaired) electrons. The number of piperazine rings is 1. The van der Waals surface area contributed by atoms with Crippen molar-refractivity contribution in [3.63, 3.8) is 0 Å². The largest absolute Gasteiger partial charge is 0.344 e. The Morgan fingerprint density at radius 3 is 2.29 bits per heavy atom. The van der Waals surface area contributed by atoms with Gasteiger partial charge in [-0.15, -0.1) is 0 Å². The second kappa shape index (κ2) is 6.81. The van der Waals surface area contributed by atoms with Gasteiger partial charge in [-0.25, -0.2) is 8.42 Å².